The molecule has 1 fully saturated rings. The largest absolute Gasteiger partial charge is 0.294 e. The second kappa shape index (κ2) is 8.01. The summed E-state index contributed by atoms with van der Waals surface area (Å²) in [5.74, 6) is 0.0809. The highest BCUT2D eigenvalue weighted by Gasteiger charge is 2.70. The first-order valence-electron chi connectivity index (χ1n) is 11.5. The number of fused-ring (bicyclic) bond motifs is 2. The van der Waals surface area contributed by atoms with Gasteiger partial charge < -0.3 is 0 Å². The molecule has 0 saturated heterocycles. The van der Waals surface area contributed by atoms with E-state index in [0.717, 1.165) is 17.5 Å². The summed E-state index contributed by atoms with van der Waals surface area (Å²) in [7, 11) is 0. The summed E-state index contributed by atoms with van der Waals surface area (Å²) in [6.45, 7) is 4.77. The summed E-state index contributed by atoms with van der Waals surface area (Å²) in [5.41, 5.74) is 1.83. The normalized spacial score (nSPS) is 28.8. The van der Waals surface area contributed by atoms with E-state index in [2.05, 4.69) is 74.5 Å². The minimum Gasteiger partial charge on any atom is -0.294 e. The number of nitrogens with zero attached hydrogens (tertiary/aromatic N) is 3. The van der Waals surface area contributed by atoms with Gasteiger partial charge in [-0.25, -0.2) is 0 Å². The van der Waals surface area contributed by atoms with Crippen LogP contribution in [-0.2, 0) is 11.3 Å². The van der Waals surface area contributed by atoms with E-state index in [1.807, 2.05) is 35.3 Å². The van der Waals surface area contributed by atoms with Gasteiger partial charge in [0.1, 0.15) is 5.54 Å². The van der Waals surface area contributed by atoms with Crippen LogP contribution in [0, 0.1) is 0 Å². The number of rotatable bonds is 6. The van der Waals surface area contributed by atoms with Crippen LogP contribution in [0.5, 0.6) is 0 Å². The summed E-state index contributed by atoms with van der Waals surface area (Å²) < 4.78 is 0. The van der Waals surface area contributed by atoms with E-state index in [1.165, 1.54) is 5.56 Å². The SMILES string of the molecule is CCC[C@]12N=NN(Cc3ccccc3)[C@](C)(C1=O)[C@@H](c1ccccc1)[C@@H]2c1ccccc1. The third-order valence-electron chi connectivity index (χ3n) is 7.30. The third kappa shape index (κ3) is 3.01. The van der Waals surface area contributed by atoms with Crippen LogP contribution in [0.4, 0.5) is 0 Å². The molecule has 0 unspecified atom stereocenters. The molecule has 1 heterocycles. The lowest BCUT2D eigenvalue weighted by atomic mass is 9.72. The maximum absolute atomic E-state index is 14.4. The minimum absolute atomic E-state index is 0.0520. The van der Waals surface area contributed by atoms with Gasteiger partial charge in [-0.05, 0) is 30.0 Å². The first kappa shape index (κ1) is 20.6. The summed E-state index contributed by atoms with van der Waals surface area (Å²) in [6.07, 6.45) is 1.58. The summed E-state index contributed by atoms with van der Waals surface area (Å²) in [4.78, 5) is 14.4. The van der Waals surface area contributed by atoms with Gasteiger partial charge in [-0.15, -0.1) is 0 Å². The van der Waals surface area contributed by atoms with Crippen molar-refractivity contribution in [2.75, 3.05) is 0 Å². The van der Waals surface area contributed by atoms with Crippen molar-refractivity contribution >= 4 is 5.78 Å². The summed E-state index contributed by atoms with van der Waals surface area (Å²) in [5, 5.41) is 11.5. The molecule has 2 bridgehead atoms. The highest BCUT2D eigenvalue weighted by atomic mass is 16.1. The lowest BCUT2D eigenvalue weighted by Gasteiger charge is -2.41. The van der Waals surface area contributed by atoms with Crippen molar-refractivity contribution in [3.63, 3.8) is 0 Å². The molecule has 1 saturated carbocycles. The van der Waals surface area contributed by atoms with E-state index in [0.29, 0.717) is 13.0 Å². The number of ketones is 1. The van der Waals surface area contributed by atoms with Gasteiger partial charge in [-0.1, -0.05) is 110 Å². The van der Waals surface area contributed by atoms with E-state index < -0.39 is 11.1 Å². The first-order chi connectivity index (χ1) is 15.6. The molecule has 4 nitrogen and oxygen atoms in total. The van der Waals surface area contributed by atoms with Crippen LogP contribution in [0.2, 0.25) is 0 Å². The van der Waals surface area contributed by atoms with Gasteiger partial charge in [0.2, 0.25) is 0 Å². The molecular formula is C28H29N3O. The maximum atomic E-state index is 14.4. The van der Waals surface area contributed by atoms with Gasteiger partial charge in [0.25, 0.3) is 0 Å². The van der Waals surface area contributed by atoms with Crippen molar-refractivity contribution in [2.45, 2.75) is 56.1 Å². The Balaban J connectivity index is 1.72. The fraction of sp³-hybridized carbons (Fsp3) is 0.321. The summed E-state index contributed by atoms with van der Waals surface area (Å²) >= 11 is 0. The molecule has 0 amide bonds. The van der Waals surface area contributed by atoms with E-state index >= 15 is 0 Å². The predicted octanol–water partition coefficient (Wildman–Crippen LogP) is 6.32. The van der Waals surface area contributed by atoms with E-state index in [9.17, 15) is 4.79 Å². The number of Topliss-reactive ketones (excluding diaryl/α,β-unsaturated/α-hetero) is 1. The molecule has 5 rings (SSSR count). The zero-order valence-electron chi connectivity index (χ0n) is 18.7. The number of benzene rings is 3. The number of carbonyl (C=O) groups excluding carboxylic acids is 1. The van der Waals surface area contributed by atoms with Gasteiger partial charge in [-0.2, -0.15) is 5.11 Å². The maximum Gasteiger partial charge on any atom is 0.190 e. The van der Waals surface area contributed by atoms with Crippen molar-refractivity contribution in [1.29, 1.82) is 0 Å². The number of hydrogen-bond acceptors (Lipinski definition) is 4. The van der Waals surface area contributed by atoms with Crippen LogP contribution < -0.4 is 0 Å². The van der Waals surface area contributed by atoms with Crippen LogP contribution in [0.3, 0.4) is 0 Å². The van der Waals surface area contributed by atoms with Crippen LogP contribution in [0.25, 0.3) is 0 Å². The van der Waals surface area contributed by atoms with Crippen molar-refractivity contribution in [3.8, 4) is 0 Å². The Kier molecular flexibility index (Phi) is 5.16. The van der Waals surface area contributed by atoms with Crippen LogP contribution in [0.15, 0.2) is 101 Å². The summed E-state index contributed by atoms with van der Waals surface area (Å²) in [6, 6.07) is 31.1. The van der Waals surface area contributed by atoms with E-state index in [1.54, 1.807) is 0 Å². The Bertz CT molecular complexity index is 1120. The first-order valence-corrected chi connectivity index (χ1v) is 11.5. The second-order valence-corrected chi connectivity index (χ2v) is 9.16. The third-order valence-corrected chi connectivity index (χ3v) is 7.30. The molecule has 0 N–H and O–H groups in total. The molecule has 32 heavy (non-hydrogen) atoms. The van der Waals surface area contributed by atoms with Crippen molar-refractivity contribution in [3.05, 3.63) is 108 Å². The van der Waals surface area contributed by atoms with Crippen LogP contribution in [-0.4, -0.2) is 21.9 Å². The van der Waals surface area contributed by atoms with Crippen LogP contribution >= 0.6 is 0 Å². The molecule has 0 aromatic heterocycles. The highest BCUT2D eigenvalue weighted by Crippen LogP contribution is 2.62. The smallest absolute Gasteiger partial charge is 0.190 e. The number of carbonyl (C=O) groups is 1. The molecule has 162 valence electrons. The van der Waals surface area contributed by atoms with Gasteiger partial charge in [0, 0.05) is 11.8 Å². The average molecular weight is 424 g/mol. The van der Waals surface area contributed by atoms with Crippen molar-refractivity contribution in [1.82, 2.24) is 5.01 Å². The molecule has 4 atom stereocenters. The van der Waals surface area contributed by atoms with E-state index in [4.69, 9.17) is 10.3 Å². The highest BCUT2D eigenvalue weighted by molar-refractivity contribution is 6.02. The average Bonchev–Trinajstić information content (AvgIpc) is 2.96. The van der Waals surface area contributed by atoms with Gasteiger partial charge >= 0.3 is 0 Å². The molecule has 2 aliphatic rings. The Morgan fingerprint density at radius 3 is 1.91 bits per heavy atom. The molecule has 4 heteroatoms. The van der Waals surface area contributed by atoms with Crippen LogP contribution in [0.1, 0.15) is 55.2 Å². The Labute approximate surface area is 190 Å². The Morgan fingerprint density at radius 1 is 0.812 bits per heavy atom. The second-order valence-electron chi connectivity index (χ2n) is 9.16. The molecule has 0 spiro atoms. The van der Waals surface area contributed by atoms with Crippen molar-refractivity contribution in [2.24, 2.45) is 10.3 Å². The van der Waals surface area contributed by atoms with Crippen molar-refractivity contribution < 1.29 is 4.79 Å². The lowest BCUT2D eigenvalue weighted by molar-refractivity contribution is -0.136. The Hall–Kier alpha value is -3.27. The standard InChI is InChI=1S/C28H29N3O/c1-3-19-28-25(23-17-11-6-12-18-23)24(22-15-9-5-10-16-22)27(2,26(28)32)31(30-29-28)20-21-13-7-4-8-14-21/h4-18,24-25H,3,19-20H2,1-2H3/t24-,25-,27-,28+/m0/s1. The molecule has 1 aliphatic heterocycles. The predicted molar refractivity (Wildman–Crippen MR) is 126 cm³/mol. The molecular weight excluding hydrogens is 394 g/mol. The van der Waals surface area contributed by atoms with Gasteiger partial charge in [-0.3, -0.25) is 9.80 Å². The fourth-order valence-electron chi connectivity index (χ4n) is 5.89. The van der Waals surface area contributed by atoms with Gasteiger partial charge in [0.05, 0.1) is 6.54 Å². The molecule has 0 radical (unpaired) electrons. The Morgan fingerprint density at radius 2 is 1.34 bits per heavy atom. The number of hydrogen-bond donors (Lipinski definition) is 0. The topological polar surface area (TPSA) is 45.0 Å². The quantitative estimate of drug-likeness (QED) is 0.466. The fourth-order valence-corrected chi connectivity index (χ4v) is 5.89. The van der Waals surface area contributed by atoms with Gasteiger partial charge in [0.15, 0.2) is 11.3 Å². The zero-order chi connectivity index (χ0) is 22.2. The van der Waals surface area contributed by atoms with E-state index in [-0.39, 0.29) is 17.6 Å². The molecule has 1 aliphatic carbocycles. The lowest BCUT2D eigenvalue weighted by Crippen LogP contribution is -2.56. The zero-order valence-corrected chi connectivity index (χ0v) is 18.7. The molecule has 3 aromatic carbocycles. The monoisotopic (exact) mass is 423 g/mol. The molecule has 3 aromatic rings. The minimum atomic E-state index is -0.835.